The summed E-state index contributed by atoms with van der Waals surface area (Å²) in [5.74, 6) is 0.476. The Morgan fingerprint density at radius 1 is 1.04 bits per heavy atom. The topological polar surface area (TPSA) is 47.9 Å². The molecule has 1 N–H and O–H groups in total. The SMILES string of the molecule is COCCOC1OC(O)CC(c2ccccc2)C1C(C)c1ccccc1. The molecule has 5 atom stereocenters. The zero-order valence-electron chi connectivity index (χ0n) is 15.5. The van der Waals surface area contributed by atoms with E-state index in [1.54, 1.807) is 7.11 Å². The summed E-state index contributed by atoms with van der Waals surface area (Å²) in [6.45, 7) is 3.15. The Hall–Kier alpha value is -1.72. The number of rotatable bonds is 7. The number of ether oxygens (including phenoxy) is 3. The molecule has 4 heteroatoms. The molecule has 1 aliphatic rings. The Labute approximate surface area is 155 Å². The van der Waals surface area contributed by atoms with E-state index >= 15 is 0 Å². The molecule has 3 rings (SSSR count). The largest absolute Gasteiger partial charge is 0.382 e. The Bertz CT molecular complexity index is 646. The Morgan fingerprint density at radius 3 is 2.35 bits per heavy atom. The fourth-order valence-electron chi connectivity index (χ4n) is 3.88. The highest BCUT2D eigenvalue weighted by Gasteiger charge is 2.42. The van der Waals surface area contributed by atoms with E-state index in [0.29, 0.717) is 19.6 Å². The van der Waals surface area contributed by atoms with Gasteiger partial charge in [-0.2, -0.15) is 0 Å². The third-order valence-corrected chi connectivity index (χ3v) is 5.23. The summed E-state index contributed by atoms with van der Waals surface area (Å²) in [7, 11) is 1.65. The summed E-state index contributed by atoms with van der Waals surface area (Å²) in [6, 6.07) is 20.8. The maximum atomic E-state index is 10.3. The fourth-order valence-corrected chi connectivity index (χ4v) is 3.88. The number of methoxy groups -OCH3 is 1. The van der Waals surface area contributed by atoms with Crippen LogP contribution in [-0.4, -0.2) is 38.0 Å². The summed E-state index contributed by atoms with van der Waals surface area (Å²) >= 11 is 0. The predicted molar refractivity (Wildman–Crippen MR) is 101 cm³/mol. The van der Waals surface area contributed by atoms with E-state index in [-0.39, 0.29) is 17.8 Å². The van der Waals surface area contributed by atoms with Crippen LogP contribution in [0.1, 0.15) is 36.3 Å². The molecule has 0 aliphatic carbocycles. The Kier molecular flexibility index (Phi) is 6.80. The van der Waals surface area contributed by atoms with Crippen LogP contribution in [0.15, 0.2) is 60.7 Å². The lowest BCUT2D eigenvalue weighted by atomic mass is 9.72. The predicted octanol–water partition coefficient (Wildman–Crippen LogP) is 3.92. The molecule has 140 valence electrons. The van der Waals surface area contributed by atoms with Crippen molar-refractivity contribution in [1.29, 1.82) is 0 Å². The van der Waals surface area contributed by atoms with Crippen LogP contribution >= 0.6 is 0 Å². The molecule has 0 spiro atoms. The van der Waals surface area contributed by atoms with Gasteiger partial charge in [-0.3, -0.25) is 0 Å². The molecule has 5 unspecified atom stereocenters. The molecular formula is C22H28O4. The molecule has 26 heavy (non-hydrogen) atoms. The first-order valence-electron chi connectivity index (χ1n) is 9.24. The van der Waals surface area contributed by atoms with E-state index in [1.807, 2.05) is 24.3 Å². The zero-order chi connectivity index (χ0) is 18.4. The van der Waals surface area contributed by atoms with Crippen LogP contribution in [-0.2, 0) is 14.2 Å². The van der Waals surface area contributed by atoms with Crippen molar-refractivity contribution in [2.24, 2.45) is 5.92 Å². The molecule has 0 saturated carbocycles. The van der Waals surface area contributed by atoms with Crippen molar-refractivity contribution in [1.82, 2.24) is 0 Å². The minimum atomic E-state index is -0.827. The molecule has 0 aromatic heterocycles. The second-order valence-electron chi connectivity index (χ2n) is 6.85. The van der Waals surface area contributed by atoms with Gasteiger partial charge in [0.25, 0.3) is 0 Å². The third kappa shape index (κ3) is 4.51. The summed E-state index contributed by atoms with van der Waals surface area (Å²) in [4.78, 5) is 0. The first-order valence-corrected chi connectivity index (χ1v) is 9.24. The van der Waals surface area contributed by atoms with E-state index in [9.17, 15) is 5.11 Å². The van der Waals surface area contributed by atoms with Gasteiger partial charge in [0, 0.05) is 19.4 Å². The third-order valence-electron chi connectivity index (χ3n) is 5.23. The minimum Gasteiger partial charge on any atom is -0.382 e. The van der Waals surface area contributed by atoms with Crippen molar-refractivity contribution in [3.8, 4) is 0 Å². The summed E-state index contributed by atoms with van der Waals surface area (Å²) in [5.41, 5.74) is 2.46. The highest BCUT2D eigenvalue weighted by Crippen LogP contribution is 2.45. The van der Waals surface area contributed by atoms with Crippen LogP contribution in [0.5, 0.6) is 0 Å². The van der Waals surface area contributed by atoms with Crippen LogP contribution < -0.4 is 0 Å². The molecular weight excluding hydrogens is 328 g/mol. The smallest absolute Gasteiger partial charge is 0.164 e. The van der Waals surface area contributed by atoms with Gasteiger partial charge in [-0.05, 0) is 23.0 Å². The molecule has 0 bridgehead atoms. The van der Waals surface area contributed by atoms with Gasteiger partial charge in [-0.1, -0.05) is 67.6 Å². The number of aliphatic hydroxyl groups is 1. The van der Waals surface area contributed by atoms with E-state index in [4.69, 9.17) is 14.2 Å². The lowest BCUT2D eigenvalue weighted by Gasteiger charge is -2.43. The summed E-state index contributed by atoms with van der Waals surface area (Å²) in [6.07, 6.45) is -0.739. The summed E-state index contributed by atoms with van der Waals surface area (Å²) in [5, 5.41) is 10.3. The minimum absolute atomic E-state index is 0.0973. The maximum absolute atomic E-state index is 10.3. The quantitative estimate of drug-likeness (QED) is 0.764. The van der Waals surface area contributed by atoms with Gasteiger partial charge in [0.1, 0.15) is 0 Å². The summed E-state index contributed by atoms with van der Waals surface area (Å²) < 4.78 is 16.9. The fraction of sp³-hybridized carbons (Fsp3) is 0.455. The van der Waals surface area contributed by atoms with Crippen LogP contribution in [0.3, 0.4) is 0 Å². The number of hydrogen-bond donors (Lipinski definition) is 1. The van der Waals surface area contributed by atoms with Gasteiger partial charge in [0.15, 0.2) is 12.6 Å². The van der Waals surface area contributed by atoms with Crippen LogP contribution in [0.25, 0.3) is 0 Å². The number of aliphatic hydroxyl groups excluding tert-OH is 1. The highest BCUT2D eigenvalue weighted by molar-refractivity contribution is 5.26. The van der Waals surface area contributed by atoms with Crippen molar-refractivity contribution in [2.75, 3.05) is 20.3 Å². The normalized spacial score (nSPS) is 27.2. The maximum Gasteiger partial charge on any atom is 0.164 e. The van der Waals surface area contributed by atoms with Crippen molar-refractivity contribution < 1.29 is 19.3 Å². The molecule has 1 fully saturated rings. The van der Waals surface area contributed by atoms with Crippen molar-refractivity contribution >= 4 is 0 Å². The van der Waals surface area contributed by atoms with E-state index in [1.165, 1.54) is 11.1 Å². The Balaban J connectivity index is 1.91. The standard InChI is InChI=1S/C22H28O4/c1-16(17-9-5-3-6-10-17)21-19(18-11-7-4-8-12-18)15-20(23)26-22(21)25-14-13-24-2/h3-12,16,19-23H,13-15H2,1-2H3. The number of benzene rings is 2. The van der Waals surface area contributed by atoms with Crippen LogP contribution in [0.2, 0.25) is 0 Å². The molecule has 4 nitrogen and oxygen atoms in total. The number of hydrogen-bond acceptors (Lipinski definition) is 4. The van der Waals surface area contributed by atoms with Crippen LogP contribution in [0, 0.1) is 5.92 Å². The average Bonchev–Trinajstić information content (AvgIpc) is 2.68. The molecule has 2 aromatic carbocycles. The van der Waals surface area contributed by atoms with Crippen molar-refractivity contribution in [3.63, 3.8) is 0 Å². The van der Waals surface area contributed by atoms with Gasteiger partial charge < -0.3 is 19.3 Å². The molecule has 0 amide bonds. The molecule has 2 aromatic rings. The average molecular weight is 356 g/mol. The first-order chi connectivity index (χ1) is 12.7. The van der Waals surface area contributed by atoms with Crippen molar-refractivity contribution in [3.05, 3.63) is 71.8 Å². The lowest BCUT2D eigenvalue weighted by molar-refractivity contribution is -0.282. The molecule has 1 saturated heterocycles. The van der Waals surface area contributed by atoms with Gasteiger partial charge in [-0.15, -0.1) is 0 Å². The van der Waals surface area contributed by atoms with Gasteiger partial charge in [0.05, 0.1) is 13.2 Å². The molecule has 1 heterocycles. The van der Waals surface area contributed by atoms with Crippen molar-refractivity contribution in [2.45, 2.75) is 37.8 Å². The lowest BCUT2D eigenvalue weighted by Crippen LogP contribution is -2.44. The van der Waals surface area contributed by atoms with Gasteiger partial charge in [0.2, 0.25) is 0 Å². The second-order valence-corrected chi connectivity index (χ2v) is 6.85. The Morgan fingerprint density at radius 2 is 1.69 bits per heavy atom. The first kappa shape index (κ1) is 19.1. The van der Waals surface area contributed by atoms with Gasteiger partial charge in [-0.25, -0.2) is 0 Å². The highest BCUT2D eigenvalue weighted by atomic mass is 16.7. The van der Waals surface area contributed by atoms with E-state index in [2.05, 4.69) is 43.3 Å². The second kappa shape index (κ2) is 9.28. The molecule has 0 radical (unpaired) electrons. The van der Waals surface area contributed by atoms with E-state index in [0.717, 1.165) is 0 Å². The van der Waals surface area contributed by atoms with Gasteiger partial charge >= 0.3 is 0 Å². The zero-order valence-corrected chi connectivity index (χ0v) is 15.5. The molecule has 1 aliphatic heterocycles. The van der Waals surface area contributed by atoms with Crippen LogP contribution in [0.4, 0.5) is 0 Å². The van der Waals surface area contributed by atoms with E-state index < -0.39 is 12.6 Å². The monoisotopic (exact) mass is 356 g/mol.